The summed E-state index contributed by atoms with van der Waals surface area (Å²) >= 11 is 5.84. The van der Waals surface area contributed by atoms with E-state index in [1.807, 2.05) is 24.3 Å². The van der Waals surface area contributed by atoms with Crippen LogP contribution >= 0.6 is 11.6 Å². The molecule has 92 valence electrons. The van der Waals surface area contributed by atoms with Gasteiger partial charge >= 0.3 is 0 Å². The van der Waals surface area contributed by atoms with Gasteiger partial charge in [0.2, 0.25) is 0 Å². The molecule has 0 saturated heterocycles. The molecule has 0 aliphatic heterocycles. The van der Waals surface area contributed by atoms with Gasteiger partial charge in [-0.05, 0) is 36.5 Å². The molecule has 1 aliphatic carbocycles. The highest BCUT2D eigenvalue weighted by atomic mass is 35.5. The minimum atomic E-state index is -0.130. The molecule has 2 nitrogen and oxygen atoms in total. The van der Waals surface area contributed by atoms with Crippen molar-refractivity contribution in [1.82, 2.24) is 5.32 Å². The quantitative estimate of drug-likeness (QED) is 0.818. The fourth-order valence-corrected chi connectivity index (χ4v) is 2.11. The maximum absolute atomic E-state index is 12.0. The fourth-order valence-electron chi connectivity index (χ4n) is 1.78. The molecule has 1 fully saturated rings. The number of rotatable bonds is 4. The van der Waals surface area contributed by atoms with Gasteiger partial charge < -0.3 is 5.32 Å². The molecule has 0 radical (unpaired) electrons. The Morgan fingerprint density at radius 1 is 1.35 bits per heavy atom. The van der Waals surface area contributed by atoms with Crippen molar-refractivity contribution in [3.8, 4) is 0 Å². The van der Waals surface area contributed by atoms with E-state index in [-0.39, 0.29) is 11.4 Å². The highest BCUT2D eigenvalue weighted by Gasteiger charge is 2.43. The SMILES string of the molecule is CC(C)c1ccc(C(=O)NC2(CCl)CC2)cc1. The van der Waals surface area contributed by atoms with Crippen LogP contribution in [0, 0.1) is 0 Å². The standard InChI is InChI=1S/C14H18ClNO/c1-10(2)11-3-5-12(6-4-11)13(17)16-14(9-15)7-8-14/h3-6,10H,7-9H2,1-2H3,(H,16,17). The molecule has 2 rings (SSSR count). The maximum atomic E-state index is 12.0. The first kappa shape index (κ1) is 12.4. The topological polar surface area (TPSA) is 29.1 Å². The number of carbonyl (C=O) groups excluding carboxylic acids is 1. The zero-order chi connectivity index (χ0) is 12.5. The van der Waals surface area contributed by atoms with Crippen LogP contribution in [0.15, 0.2) is 24.3 Å². The monoisotopic (exact) mass is 251 g/mol. The smallest absolute Gasteiger partial charge is 0.251 e. The summed E-state index contributed by atoms with van der Waals surface area (Å²) in [7, 11) is 0. The lowest BCUT2D eigenvalue weighted by Crippen LogP contribution is -2.38. The number of benzene rings is 1. The van der Waals surface area contributed by atoms with Crippen molar-refractivity contribution >= 4 is 17.5 Å². The molecule has 0 atom stereocenters. The van der Waals surface area contributed by atoms with Gasteiger partial charge in [-0.1, -0.05) is 26.0 Å². The number of halogens is 1. The highest BCUT2D eigenvalue weighted by molar-refractivity contribution is 6.19. The predicted molar refractivity (Wildman–Crippen MR) is 70.7 cm³/mol. The Morgan fingerprint density at radius 3 is 2.35 bits per heavy atom. The number of hydrogen-bond donors (Lipinski definition) is 1. The molecule has 1 aromatic carbocycles. The van der Waals surface area contributed by atoms with E-state index in [9.17, 15) is 4.79 Å². The molecule has 1 amide bonds. The first-order valence-corrected chi connectivity index (χ1v) is 6.58. The molecule has 0 unspecified atom stereocenters. The van der Waals surface area contributed by atoms with Crippen molar-refractivity contribution in [3.63, 3.8) is 0 Å². The second kappa shape index (κ2) is 4.69. The maximum Gasteiger partial charge on any atom is 0.251 e. The minimum Gasteiger partial charge on any atom is -0.345 e. The number of nitrogens with one attached hydrogen (secondary N) is 1. The van der Waals surface area contributed by atoms with E-state index in [2.05, 4.69) is 19.2 Å². The minimum absolute atomic E-state index is 0.0153. The summed E-state index contributed by atoms with van der Waals surface area (Å²) in [4.78, 5) is 12.0. The Bertz CT molecular complexity index is 407. The van der Waals surface area contributed by atoms with Gasteiger partial charge in [0, 0.05) is 11.4 Å². The lowest BCUT2D eigenvalue weighted by molar-refractivity contribution is 0.0936. The third kappa shape index (κ3) is 2.81. The molecule has 0 spiro atoms. The summed E-state index contributed by atoms with van der Waals surface area (Å²) in [5, 5.41) is 3.01. The van der Waals surface area contributed by atoms with Crippen LogP contribution in [-0.4, -0.2) is 17.3 Å². The second-order valence-corrected chi connectivity index (χ2v) is 5.41. The Labute approximate surface area is 107 Å². The summed E-state index contributed by atoms with van der Waals surface area (Å²) in [5.74, 6) is 0.978. The van der Waals surface area contributed by atoms with Crippen molar-refractivity contribution in [2.45, 2.75) is 38.1 Å². The van der Waals surface area contributed by atoms with Gasteiger partial charge in [-0.25, -0.2) is 0 Å². The van der Waals surface area contributed by atoms with E-state index in [1.54, 1.807) is 0 Å². The molecular formula is C14H18ClNO. The Hall–Kier alpha value is -1.02. The third-order valence-corrected chi connectivity index (χ3v) is 3.84. The van der Waals surface area contributed by atoms with Gasteiger partial charge in [0.25, 0.3) is 5.91 Å². The Morgan fingerprint density at radius 2 is 1.94 bits per heavy atom. The van der Waals surface area contributed by atoms with Crippen LogP contribution in [0.3, 0.4) is 0 Å². The summed E-state index contributed by atoms with van der Waals surface area (Å²) in [6.45, 7) is 4.28. The zero-order valence-corrected chi connectivity index (χ0v) is 11.1. The number of alkyl halides is 1. The lowest BCUT2D eigenvalue weighted by Gasteiger charge is -2.14. The van der Waals surface area contributed by atoms with Crippen molar-refractivity contribution < 1.29 is 4.79 Å². The normalized spacial score (nSPS) is 16.9. The van der Waals surface area contributed by atoms with Crippen LogP contribution in [0.4, 0.5) is 0 Å². The van der Waals surface area contributed by atoms with E-state index in [4.69, 9.17) is 11.6 Å². The lowest BCUT2D eigenvalue weighted by atomic mass is 10.0. The van der Waals surface area contributed by atoms with Crippen LogP contribution in [0.25, 0.3) is 0 Å². The van der Waals surface area contributed by atoms with Crippen LogP contribution in [0.5, 0.6) is 0 Å². The molecule has 1 aliphatic rings. The van der Waals surface area contributed by atoms with Crippen LogP contribution < -0.4 is 5.32 Å². The average molecular weight is 252 g/mol. The van der Waals surface area contributed by atoms with Crippen LogP contribution in [0.1, 0.15) is 48.5 Å². The fraction of sp³-hybridized carbons (Fsp3) is 0.500. The number of hydrogen-bond acceptors (Lipinski definition) is 1. The largest absolute Gasteiger partial charge is 0.345 e. The molecule has 17 heavy (non-hydrogen) atoms. The van der Waals surface area contributed by atoms with Gasteiger partial charge in [0.1, 0.15) is 0 Å². The summed E-state index contributed by atoms with van der Waals surface area (Å²) in [6.07, 6.45) is 1.98. The van der Waals surface area contributed by atoms with Crippen molar-refractivity contribution in [2.24, 2.45) is 0 Å². The highest BCUT2D eigenvalue weighted by Crippen LogP contribution is 2.36. The van der Waals surface area contributed by atoms with E-state index < -0.39 is 0 Å². The van der Waals surface area contributed by atoms with Gasteiger partial charge in [-0.2, -0.15) is 0 Å². The van der Waals surface area contributed by atoms with Gasteiger partial charge in [-0.3, -0.25) is 4.79 Å². The van der Waals surface area contributed by atoms with E-state index in [0.717, 1.165) is 12.8 Å². The average Bonchev–Trinajstić information content (AvgIpc) is 3.09. The Kier molecular flexibility index (Phi) is 3.43. The van der Waals surface area contributed by atoms with Gasteiger partial charge in [0.05, 0.1) is 5.54 Å². The second-order valence-electron chi connectivity index (χ2n) is 5.14. The first-order valence-electron chi connectivity index (χ1n) is 6.05. The van der Waals surface area contributed by atoms with Crippen molar-refractivity contribution in [2.75, 3.05) is 5.88 Å². The summed E-state index contributed by atoms with van der Waals surface area (Å²) in [6, 6.07) is 7.80. The molecule has 1 aromatic rings. The molecule has 1 N–H and O–H groups in total. The first-order chi connectivity index (χ1) is 8.06. The molecule has 0 heterocycles. The molecule has 0 bridgehead atoms. The molecular weight excluding hydrogens is 234 g/mol. The predicted octanol–water partition coefficient (Wildman–Crippen LogP) is 3.31. The number of carbonyl (C=O) groups is 1. The van der Waals surface area contributed by atoms with Gasteiger partial charge in [-0.15, -0.1) is 11.6 Å². The van der Waals surface area contributed by atoms with Crippen LogP contribution in [0.2, 0.25) is 0 Å². The van der Waals surface area contributed by atoms with Crippen LogP contribution in [-0.2, 0) is 0 Å². The number of amides is 1. The third-order valence-electron chi connectivity index (χ3n) is 3.33. The molecule has 1 saturated carbocycles. The summed E-state index contributed by atoms with van der Waals surface area (Å²) in [5.41, 5.74) is 1.83. The van der Waals surface area contributed by atoms with E-state index in [0.29, 0.717) is 17.4 Å². The van der Waals surface area contributed by atoms with Crippen molar-refractivity contribution in [3.05, 3.63) is 35.4 Å². The summed E-state index contributed by atoms with van der Waals surface area (Å²) < 4.78 is 0. The van der Waals surface area contributed by atoms with E-state index >= 15 is 0 Å². The van der Waals surface area contributed by atoms with Crippen molar-refractivity contribution in [1.29, 1.82) is 0 Å². The van der Waals surface area contributed by atoms with E-state index in [1.165, 1.54) is 5.56 Å². The molecule has 3 heteroatoms. The zero-order valence-electron chi connectivity index (χ0n) is 10.3. The Balaban J connectivity index is 2.04. The molecule has 0 aromatic heterocycles. The van der Waals surface area contributed by atoms with Gasteiger partial charge in [0.15, 0.2) is 0 Å².